The van der Waals surface area contributed by atoms with Crippen LogP contribution in [0.5, 0.6) is 0 Å². The number of aliphatic hydroxyl groups is 1. The number of hydrogen-bond acceptors (Lipinski definition) is 4. The van der Waals surface area contributed by atoms with Crippen LogP contribution in [0, 0.1) is 11.3 Å². The molecule has 2 N–H and O–H groups in total. The van der Waals surface area contributed by atoms with Crippen molar-refractivity contribution >= 4 is 5.69 Å². The maximum Gasteiger partial charge on any atom is 0.101 e. The van der Waals surface area contributed by atoms with Crippen molar-refractivity contribution in [1.82, 2.24) is 5.32 Å². The standard InChI is InChI=1S/C13H19N3O/c1-10(9-17)16(3)13-5-4-11(8-15-2)6-12(13)7-14/h4-6,10,15,17H,8-9H2,1-3H3. The molecule has 92 valence electrons. The molecule has 0 aliphatic rings. The maximum absolute atomic E-state index is 9.15. The molecule has 0 saturated heterocycles. The summed E-state index contributed by atoms with van der Waals surface area (Å²) < 4.78 is 0. The molecule has 0 aliphatic heterocycles. The molecule has 0 bridgehead atoms. The summed E-state index contributed by atoms with van der Waals surface area (Å²) in [6.07, 6.45) is 0. The lowest BCUT2D eigenvalue weighted by Crippen LogP contribution is -2.32. The third kappa shape index (κ3) is 3.19. The van der Waals surface area contributed by atoms with Gasteiger partial charge in [-0.1, -0.05) is 6.07 Å². The Balaban J connectivity index is 3.05. The molecular formula is C13H19N3O. The summed E-state index contributed by atoms with van der Waals surface area (Å²) in [5.74, 6) is 0. The zero-order valence-electron chi connectivity index (χ0n) is 10.6. The van der Waals surface area contributed by atoms with Gasteiger partial charge >= 0.3 is 0 Å². The molecule has 0 aliphatic carbocycles. The predicted octanol–water partition coefficient (Wildman–Crippen LogP) is 1.09. The second kappa shape index (κ2) is 6.24. The molecule has 0 fully saturated rings. The van der Waals surface area contributed by atoms with Crippen LogP contribution in [-0.2, 0) is 6.54 Å². The Morgan fingerprint density at radius 3 is 2.76 bits per heavy atom. The van der Waals surface area contributed by atoms with E-state index < -0.39 is 0 Å². The van der Waals surface area contributed by atoms with Gasteiger partial charge < -0.3 is 15.3 Å². The van der Waals surface area contributed by atoms with E-state index >= 15 is 0 Å². The second-order valence-electron chi connectivity index (χ2n) is 4.14. The van der Waals surface area contributed by atoms with Crippen molar-refractivity contribution in [3.8, 4) is 6.07 Å². The van der Waals surface area contributed by atoms with Crippen LogP contribution in [0.2, 0.25) is 0 Å². The van der Waals surface area contributed by atoms with Gasteiger partial charge in [0.1, 0.15) is 6.07 Å². The normalized spacial score (nSPS) is 11.9. The zero-order valence-corrected chi connectivity index (χ0v) is 10.6. The molecule has 4 heteroatoms. The van der Waals surface area contributed by atoms with Crippen molar-refractivity contribution in [3.63, 3.8) is 0 Å². The van der Waals surface area contributed by atoms with Crippen molar-refractivity contribution in [2.45, 2.75) is 19.5 Å². The summed E-state index contributed by atoms with van der Waals surface area (Å²) in [5, 5.41) is 21.3. The summed E-state index contributed by atoms with van der Waals surface area (Å²) in [6.45, 7) is 2.73. The van der Waals surface area contributed by atoms with Gasteiger partial charge in [-0.25, -0.2) is 0 Å². The Bertz CT molecular complexity index is 412. The van der Waals surface area contributed by atoms with Gasteiger partial charge in [-0.2, -0.15) is 5.26 Å². The van der Waals surface area contributed by atoms with Crippen molar-refractivity contribution in [2.24, 2.45) is 0 Å². The number of nitriles is 1. The predicted molar refractivity (Wildman–Crippen MR) is 68.9 cm³/mol. The Hall–Kier alpha value is -1.57. The highest BCUT2D eigenvalue weighted by Gasteiger charge is 2.13. The van der Waals surface area contributed by atoms with E-state index in [1.165, 1.54) is 0 Å². The van der Waals surface area contributed by atoms with Crippen LogP contribution in [0.1, 0.15) is 18.1 Å². The average molecular weight is 233 g/mol. The molecule has 0 aromatic heterocycles. The van der Waals surface area contributed by atoms with Gasteiger partial charge in [0.2, 0.25) is 0 Å². The summed E-state index contributed by atoms with van der Waals surface area (Å²) >= 11 is 0. The number of nitrogens with zero attached hydrogens (tertiary/aromatic N) is 2. The van der Waals surface area contributed by atoms with Crippen LogP contribution < -0.4 is 10.2 Å². The van der Waals surface area contributed by atoms with E-state index in [0.29, 0.717) is 5.56 Å². The van der Waals surface area contributed by atoms with Gasteiger partial charge in [-0.05, 0) is 31.7 Å². The minimum Gasteiger partial charge on any atom is -0.394 e. The monoisotopic (exact) mass is 233 g/mol. The number of nitrogens with one attached hydrogen (secondary N) is 1. The van der Waals surface area contributed by atoms with E-state index in [1.807, 2.05) is 44.1 Å². The first-order valence-electron chi connectivity index (χ1n) is 5.65. The van der Waals surface area contributed by atoms with Gasteiger partial charge in [0.05, 0.1) is 17.9 Å². The quantitative estimate of drug-likeness (QED) is 0.799. The first-order chi connectivity index (χ1) is 8.13. The van der Waals surface area contributed by atoms with E-state index in [4.69, 9.17) is 10.4 Å². The van der Waals surface area contributed by atoms with E-state index in [-0.39, 0.29) is 12.6 Å². The van der Waals surface area contributed by atoms with E-state index in [2.05, 4.69) is 11.4 Å². The largest absolute Gasteiger partial charge is 0.394 e. The first kappa shape index (κ1) is 13.5. The minimum absolute atomic E-state index is 0.00255. The lowest BCUT2D eigenvalue weighted by molar-refractivity contribution is 0.270. The van der Waals surface area contributed by atoms with Gasteiger partial charge in [0.15, 0.2) is 0 Å². The number of benzene rings is 1. The third-order valence-electron chi connectivity index (χ3n) is 2.87. The average Bonchev–Trinajstić information content (AvgIpc) is 2.37. The highest BCUT2D eigenvalue weighted by molar-refractivity contribution is 5.60. The molecule has 1 aromatic rings. The van der Waals surface area contributed by atoms with Gasteiger partial charge in [-0.15, -0.1) is 0 Å². The SMILES string of the molecule is CNCc1ccc(N(C)C(C)CO)c(C#N)c1. The van der Waals surface area contributed by atoms with Crippen molar-refractivity contribution in [3.05, 3.63) is 29.3 Å². The highest BCUT2D eigenvalue weighted by atomic mass is 16.3. The summed E-state index contributed by atoms with van der Waals surface area (Å²) in [4.78, 5) is 1.92. The van der Waals surface area contributed by atoms with Crippen LogP contribution in [-0.4, -0.2) is 31.9 Å². The third-order valence-corrected chi connectivity index (χ3v) is 2.87. The van der Waals surface area contributed by atoms with Crippen LogP contribution in [0.25, 0.3) is 0 Å². The van der Waals surface area contributed by atoms with Gasteiger partial charge in [0, 0.05) is 19.6 Å². The molecule has 0 saturated carbocycles. The first-order valence-corrected chi connectivity index (χ1v) is 5.65. The lowest BCUT2D eigenvalue weighted by Gasteiger charge is -2.26. The molecule has 0 amide bonds. The van der Waals surface area contributed by atoms with Crippen LogP contribution >= 0.6 is 0 Å². The van der Waals surface area contributed by atoms with Gasteiger partial charge in [-0.3, -0.25) is 0 Å². The number of rotatable bonds is 5. The molecule has 4 nitrogen and oxygen atoms in total. The van der Waals surface area contributed by atoms with Crippen molar-refractivity contribution < 1.29 is 5.11 Å². The van der Waals surface area contributed by atoms with E-state index in [0.717, 1.165) is 17.8 Å². The highest BCUT2D eigenvalue weighted by Crippen LogP contribution is 2.22. The van der Waals surface area contributed by atoms with Crippen LogP contribution in [0.4, 0.5) is 5.69 Å². The maximum atomic E-state index is 9.15. The van der Waals surface area contributed by atoms with Crippen LogP contribution in [0.3, 0.4) is 0 Å². The second-order valence-corrected chi connectivity index (χ2v) is 4.14. The zero-order chi connectivity index (χ0) is 12.8. The Morgan fingerprint density at radius 2 is 2.24 bits per heavy atom. The number of likely N-dealkylation sites (N-methyl/N-ethyl adjacent to an activating group) is 1. The molecule has 1 unspecified atom stereocenters. The number of hydrogen-bond donors (Lipinski definition) is 2. The van der Waals surface area contributed by atoms with Crippen molar-refractivity contribution in [1.29, 1.82) is 5.26 Å². The topological polar surface area (TPSA) is 59.3 Å². The fourth-order valence-electron chi connectivity index (χ4n) is 1.65. The molecular weight excluding hydrogens is 214 g/mol. The Morgan fingerprint density at radius 1 is 1.53 bits per heavy atom. The van der Waals surface area contributed by atoms with E-state index in [9.17, 15) is 0 Å². The molecule has 0 radical (unpaired) electrons. The Labute approximate surface area is 102 Å². The van der Waals surface area contributed by atoms with Crippen molar-refractivity contribution in [2.75, 3.05) is 25.6 Å². The molecule has 0 spiro atoms. The number of anilines is 1. The van der Waals surface area contributed by atoms with Gasteiger partial charge in [0.25, 0.3) is 0 Å². The summed E-state index contributed by atoms with van der Waals surface area (Å²) in [6, 6.07) is 8.00. The molecule has 1 aromatic carbocycles. The molecule has 1 atom stereocenters. The van der Waals surface area contributed by atoms with E-state index in [1.54, 1.807) is 0 Å². The number of aliphatic hydroxyl groups excluding tert-OH is 1. The fourth-order valence-corrected chi connectivity index (χ4v) is 1.65. The fraction of sp³-hybridized carbons (Fsp3) is 0.462. The Kier molecular flexibility index (Phi) is 4.95. The smallest absolute Gasteiger partial charge is 0.101 e. The molecule has 1 rings (SSSR count). The minimum atomic E-state index is -0.00255. The molecule has 17 heavy (non-hydrogen) atoms. The van der Waals surface area contributed by atoms with Crippen LogP contribution in [0.15, 0.2) is 18.2 Å². The summed E-state index contributed by atoms with van der Waals surface area (Å²) in [7, 11) is 3.76. The molecule has 0 heterocycles. The summed E-state index contributed by atoms with van der Waals surface area (Å²) in [5.41, 5.74) is 2.58. The lowest BCUT2D eigenvalue weighted by atomic mass is 10.1.